The highest BCUT2D eigenvalue weighted by Gasteiger charge is 2.37. The lowest BCUT2D eigenvalue weighted by Gasteiger charge is -2.17. The van der Waals surface area contributed by atoms with E-state index in [1.165, 1.54) is 0 Å². The van der Waals surface area contributed by atoms with Gasteiger partial charge >= 0.3 is 0 Å². The molecule has 1 rings (SSSR count). The highest BCUT2D eigenvalue weighted by atomic mass is 32.2. The number of hydrogen-bond donors (Lipinski definition) is 2. The number of sulfonamides is 1. The quantitative estimate of drug-likeness (QED) is 0.596. The first-order valence-electron chi connectivity index (χ1n) is 4.20. The third kappa shape index (κ3) is 2.01. The third-order valence-corrected chi connectivity index (χ3v) is 4.39. The predicted molar refractivity (Wildman–Crippen MR) is 47.6 cm³/mol. The molecule has 1 aliphatic rings. The normalized spacial score (nSPS) is 31.5. The minimum Gasteiger partial charge on any atom is -0.389 e. The van der Waals surface area contributed by atoms with Crippen LogP contribution in [-0.2, 0) is 10.0 Å². The summed E-state index contributed by atoms with van der Waals surface area (Å²) in [4.78, 5) is 0. The third-order valence-electron chi connectivity index (χ3n) is 2.18. The maximum Gasteiger partial charge on any atom is 0.216 e. The smallest absolute Gasteiger partial charge is 0.216 e. The van der Waals surface area contributed by atoms with Gasteiger partial charge in [0, 0.05) is 13.1 Å². The Labute approximate surface area is 78.0 Å². The molecule has 13 heavy (non-hydrogen) atoms. The first-order chi connectivity index (χ1) is 5.85. The molecule has 1 aliphatic heterocycles. The molecule has 0 spiro atoms. The van der Waals surface area contributed by atoms with Gasteiger partial charge in [0.1, 0.15) is 0 Å². The summed E-state index contributed by atoms with van der Waals surface area (Å²) in [6.07, 6.45) is -1.90. The highest BCUT2D eigenvalue weighted by Crippen LogP contribution is 2.17. The highest BCUT2D eigenvalue weighted by molar-refractivity contribution is 7.89. The van der Waals surface area contributed by atoms with Crippen molar-refractivity contribution in [2.75, 3.05) is 13.1 Å². The van der Waals surface area contributed by atoms with Gasteiger partial charge in [-0.1, -0.05) is 0 Å². The fourth-order valence-corrected chi connectivity index (χ4v) is 2.56. The van der Waals surface area contributed by atoms with Gasteiger partial charge in [-0.05, 0) is 13.8 Å². The van der Waals surface area contributed by atoms with E-state index in [1.54, 1.807) is 13.8 Å². The predicted octanol–water partition coefficient (Wildman–Crippen LogP) is -1.24. The monoisotopic (exact) mass is 209 g/mol. The van der Waals surface area contributed by atoms with Crippen LogP contribution in [-0.4, -0.2) is 53.5 Å². The van der Waals surface area contributed by atoms with Gasteiger partial charge in [0.05, 0.1) is 17.5 Å². The van der Waals surface area contributed by atoms with Gasteiger partial charge in [0.25, 0.3) is 0 Å². The first-order valence-corrected chi connectivity index (χ1v) is 5.71. The summed E-state index contributed by atoms with van der Waals surface area (Å²) >= 11 is 0. The van der Waals surface area contributed by atoms with E-state index in [1.807, 2.05) is 0 Å². The number of aliphatic hydroxyl groups is 2. The summed E-state index contributed by atoms with van der Waals surface area (Å²) in [5, 5.41) is 17.8. The van der Waals surface area contributed by atoms with Crippen LogP contribution in [0.5, 0.6) is 0 Å². The number of β-amino-alcohol motifs (C(OH)–C–C–N with tert-alkyl or cyclic N) is 2. The Hall–Kier alpha value is -0.170. The van der Waals surface area contributed by atoms with Gasteiger partial charge in [0.15, 0.2) is 0 Å². The average molecular weight is 209 g/mol. The van der Waals surface area contributed by atoms with E-state index in [2.05, 4.69) is 0 Å². The van der Waals surface area contributed by atoms with Crippen molar-refractivity contribution in [1.82, 2.24) is 4.31 Å². The molecule has 0 unspecified atom stereocenters. The molecule has 0 saturated carbocycles. The number of rotatable bonds is 2. The molecule has 0 aromatic carbocycles. The van der Waals surface area contributed by atoms with Crippen LogP contribution < -0.4 is 0 Å². The Bertz CT molecular complexity index is 264. The Balaban J connectivity index is 2.77. The van der Waals surface area contributed by atoms with E-state index < -0.39 is 27.5 Å². The van der Waals surface area contributed by atoms with Crippen LogP contribution in [0, 0.1) is 0 Å². The maximum absolute atomic E-state index is 11.5. The molecule has 2 N–H and O–H groups in total. The Kier molecular flexibility index (Phi) is 2.96. The second-order valence-corrected chi connectivity index (χ2v) is 6.03. The molecule has 0 aromatic rings. The van der Waals surface area contributed by atoms with Crippen LogP contribution in [0.1, 0.15) is 13.8 Å². The second kappa shape index (κ2) is 3.53. The zero-order chi connectivity index (χ0) is 10.2. The molecule has 0 aromatic heterocycles. The summed E-state index contributed by atoms with van der Waals surface area (Å²) in [6, 6.07) is 0. The molecule has 1 saturated heterocycles. The Morgan fingerprint density at radius 3 is 1.92 bits per heavy atom. The first kappa shape index (κ1) is 10.9. The molecule has 1 fully saturated rings. The molecule has 0 aliphatic carbocycles. The molecule has 1 heterocycles. The van der Waals surface area contributed by atoms with E-state index in [9.17, 15) is 8.42 Å². The molecule has 0 amide bonds. The van der Waals surface area contributed by atoms with E-state index in [0.29, 0.717) is 0 Å². The van der Waals surface area contributed by atoms with Gasteiger partial charge in [0.2, 0.25) is 10.0 Å². The van der Waals surface area contributed by atoms with Crippen molar-refractivity contribution in [2.24, 2.45) is 0 Å². The molecule has 0 bridgehead atoms. The van der Waals surface area contributed by atoms with E-state index in [4.69, 9.17) is 10.2 Å². The number of nitrogens with zero attached hydrogens (tertiary/aromatic N) is 1. The Morgan fingerprint density at radius 2 is 1.62 bits per heavy atom. The molecule has 2 atom stereocenters. The van der Waals surface area contributed by atoms with Crippen LogP contribution in [0.4, 0.5) is 0 Å². The Morgan fingerprint density at radius 1 is 1.23 bits per heavy atom. The lowest BCUT2D eigenvalue weighted by Crippen LogP contribution is -2.35. The van der Waals surface area contributed by atoms with Crippen molar-refractivity contribution in [3.63, 3.8) is 0 Å². The van der Waals surface area contributed by atoms with Crippen molar-refractivity contribution >= 4 is 10.0 Å². The molecular formula is C7H15NO4S. The van der Waals surface area contributed by atoms with Crippen molar-refractivity contribution in [3.05, 3.63) is 0 Å². The zero-order valence-electron chi connectivity index (χ0n) is 7.71. The van der Waals surface area contributed by atoms with E-state index in [0.717, 1.165) is 4.31 Å². The van der Waals surface area contributed by atoms with Crippen LogP contribution in [0.15, 0.2) is 0 Å². The number of hydrogen-bond acceptors (Lipinski definition) is 4. The van der Waals surface area contributed by atoms with Crippen molar-refractivity contribution in [1.29, 1.82) is 0 Å². The zero-order valence-corrected chi connectivity index (χ0v) is 8.53. The summed E-state index contributed by atoms with van der Waals surface area (Å²) in [6.45, 7) is 3.15. The summed E-state index contributed by atoms with van der Waals surface area (Å²) < 4.78 is 24.2. The lowest BCUT2D eigenvalue weighted by molar-refractivity contribution is 0.0572. The second-order valence-electron chi connectivity index (χ2n) is 3.55. The van der Waals surface area contributed by atoms with Crippen molar-refractivity contribution in [2.45, 2.75) is 31.3 Å². The minimum absolute atomic E-state index is 0.00167. The largest absolute Gasteiger partial charge is 0.389 e. The number of aliphatic hydroxyl groups excluding tert-OH is 2. The van der Waals surface area contributed by atoms with Crippen LogP contribution >= 0.6 is 0 Å². The van der Waals surface area contributed by atoms with Gasteiger partial charge in [-0.3, -0.25) is 0 Å². The minimum atomic E-state index is -3.33. The van der Waals surface area contributed by atoms with Crippen molar-refractivity contribution in [3.8, 4) is 0 Å². The summed E-state index contributed by atoms with van der Waals surface area (Å²) in [5.41, 5.74) is 0. The molecule has 5 nitrogen and oxygen atoms in total. The van der Waals surface area contributed by atoms with Gasteiger partial charge < -0.3 is 10.2 Å². The van der Waals surface area contributed by atoms with Crippen LogP contribution in [0.3, 0.4) is 0 Å². The molecular weight excluding hydrogens is 194 g/mol. The SMILES string of the molecule is CC(C)S(=O)(=O)N1C[C@@H](O)[C@@H](O)C1. The average Bonchev–Trinajstić information content (AvgIpc) is 2.32. The summed E-state index contributed by atoms with van der Waals surface area (Å²) in [7, 11) is -3.33. The standard InChI is InChI=1S/C7H15NO4S/c1-5(2)13(11,12)8-3-6(9)7(10)4-8/h5-7,9-10H,3-4H2,1-2H3/t6-,7+. The fourth-order valence-electron chi connectivity index (χ4n) is 1.24. The van der Waals surface area contributed by atoms with Gasteiger partial charge in [-0.2, -0.15) is 4.31 Å². The molecule has 0 radical (unpaired) electrons. The topological polar surface area (TPSA) is 77.8 Å². The lowest BCUT2D eigenvalue weighted by atomic mass is 10.3. The molecule has 6 heteroatoms. The van der Waals surface area contributed by atoms with E-state index >= 15 is 0 Å². The molecule has 78 valence electrons. The summed E-state index contributed by atoms with van der Waals surface area (Å²) in [5.74, 6) is 0. The maximum atomic E-state index is 11.5. The van der Waals surface area contributed by atoms with Gasteiger partial charge in [-0.25, -0.2) is 8.42 Å². The van der Waals surface area contributed by atoms with Crippen LogP contribution in [0.25, 0.3) is 0 Å². The van der Waals surface area contributed by atoms with Gasteiger partial charge in [-0.15, -0.1) is 0 Å². The fraction of sp³-hybridized carbons (Fsp3) is 1.00. The van der Waals surface area contributed by atoms with E-state index in [-0.39, 0.29) is 13.1 Å². The van der Waals surface area contributed by atoms with Crippen molar-refractivity contribution < 1.29 is 18.6 Å². The van der Waals surface area contributed by atoms with Crippen LogP contribution in [0.2, 0.25) is 0 Å².